The smallest absolute Gasteiger partial charge is 0.303 e. The summed E-state index contributed by atoms with van der Waals surface area (Å²) in [5.74, 6) is -1.70. The van der Waals surface area contributed by atoms with Gasteiger partial charge in [0.1, 0.15) is 5.75 Å². The van der Waals surface area contributed by atoms with Crippen molar-refractivity contribution >= 4 is 39.4 Å². The average Bonchev–Trinajstić information content (AvgIpc) is 3.40. The second-order valence-electron chi connectivity index (χ2n) is 8.76. The standard InChI is InChI=1S/C24H32N2O6S2/c27-22(15-26-23(28)16-34(31,32)17-8-4-3-5-9-17)25-14-19-18(20-12-13-21(19)33-20)10-6-1-2-7-11-24(29)30/h1,3-6,8-9,18-21H,2,7,10-16H2,(H,25,27)(H,26,28)(H,29,30)/t18-,19+,20-,21+/m0/s1. The number of sulfone groups is 1. The van der Waals surface area contributed by atoms with Crippen LogP contribution in [0, 0.1) is 11.8 Å². The molecule has 0 spiro atoms. The highest BCUT2D eigenvalue weighted by atomic mass is 32.2. The van der Waals surface area contributed by atoms with Gasteiger partial charge in [0.2, 0.25) is 11.8 Å². The van der Waals surface area contributed by atoms with E-state index < -0.39 is 27.5 Å². The Hall–Kier alpha value is -2.33. The quantitative estimate of drug-likeness (QED) is 0.276. The number of carboxylic acid groups (broad SMARTS) is 1. The summed E-state index contributed by atoms with van der Waals surface area (Å²) >= 11 is 1.99. The lowest BCUT2D eigenvalue weighted by molar-refractivity contribution is -0.137. The van der Waals surface area contributed by atoms with Gasteiger partial charge in [0, 0.05) is 23.5 Å². The lowest BCUT2D eigenvalue weighted by Gasteiger charge is -2.29. The Morgan fingerprint density at radius 1 is 1.00 bits per heavy atom. The summed E-state index contributed by atoms with van der Waals surface area (Å²) < 4.78 is 24.6. The average molecular weight is 509 g/mol. The molecule has 1 aromatic carbocycles. The molecule has 0 unspecified atom stereocenters. The van der Waals surface area contributed by atoms with Crippen molar-refractivity contribution in [1.82, 2.24) is 10.6 Å². The fraction of sp³-hybridized carbons (Fsp3) is 0.542. The lowest BCUT2D eigenvalue weighted by atomic mass is 9.77. The fourth-order valence-electron chi connectivity index (χ4n) is 4.63. The van der Waals surface area contributed by atoms with Crippen LogP contribution in [0.5, 0.6) is 0 Å². The van der Waals surface area contributed by atoms with E-state index in [9.17, 15) is 22.8 Å². The second-order valence-corrected chi connectivity index (χ2v) is 12.2. The molecule has 186 valence electrons. The van der Waals surface area contributed by atoms with Gasteiger partial charge in [-0.1, -0.05) is 30.4 Å². The van der Waals surface area contributed by atoms with Gasteiger partial charge in [0.15, 0.2) is 9.84 Å². The van der Waals surface area contributed by atoms with Crippen LogP contribution >= 0.6 is 11.8 Å². The normalized spacial score (nSPS) is 23.8. The zero-order valence-corrected chi connectivity index (χ0v) is 20.7. The minimum atomic E-state index is -3.75. The molecule has 2 aliphatic heterocycles. The van der Waals surface area contributed by atoms with E-state index >= 15 is 0 Å². The van der Waals surface area contributed by atoms with Crippen molar-refractivity contribution in [3.63, 3.8) is 0 Å². The van der Waals surface area contributed by atoms with E-state index in [-0.39, 0.29) is 23.8 Å². The van der Waals surface area contributed by atoms with Gasteiger partial charge in [0.05, 0.1) is 11.4 Å². The predicted molar refractivity (Wildman–Crippen MR) is 131 cm³/mol. The number of rotatable bonds is 13. The van der Waals surface area contributed by atoms with E-state index in [0.717, 1.165) is 19.3 Å². The molecule has 4 atom stereocenters. The third kappa shape index (κ3) is 7.59. The number of benzene rings is 1. The topological polar surface area (TPSA) is 130 Å². The highest BCUT2D eigenvalue weighted by molar-refractivity contribution is 8.01. The van der Waals surface area contributed by atoms with Crippen LogP contribution in [-0.4, -0.2) is 60.7 Å². The molecule has 3 rings (SSSR count). The summed E-state index contributed by atoms with van der Waals surface area (Å²) in [6.07, 6.45) is 8.99. The molecule has 2 amide bonds. The van der Waals surface area contributed by atoms with E-state index in [0.29, 0.717) is 35.3 Å². The molecule has 1 aromatic rings. The minimum Gasteiger partial charge on any atom is -0.481 e. The van der Waals surface area contributed by atoms with Gasteiger partial charge in [-0.15, -0.1) is 0 Å². The van der Waals surface area contributed by atoms with E-state index in [2.05, 4.69) is 16.7 Å². The molecule has 3 N–H and O–H groups in total. The largest absolute Gasteiger partial charge is 0.481 e. The van der Waals surface area contributed by atoms with Gasteiger partial charge in [-0.2, -0.15) is 11.8 Å². The number of carbonyl (C=O) groups excluding carboxylic acids is 2. The monoisotopic (exact) mass is 508 g/mol. The second kappa shape index (κ2) is 12.4. The maximum absolute atomic E-state index is 12.3. The zero-order valence-electron chi connectivity index (χ0n) is 19.0. The maximum Gasteiger partial charge on any atom is 0.303 e. The van der Waals surface area contributed by atoms with Gasteiger partial charge >= 0.3 is 5.97 Å². The summed E-state index contributed by atoms with van der Waals surface area (Å²) in [4.78, 5) is 35.0. The highest BCUT2D eigenvalue weighted by Crippen LogP contribution is 2.54. The summed E-state index contributed by atoms with van der Waals surface area (Å²) in [5.41, 5.74) is 0. The summed E-state index contributed by atoms with van der Waals surface area (Å²) in [6.45, 7) is 0.272. The van der Waals surface area contributed by atoms with E-state index in [4.69, 9.17) is 5.11 Å². The molecule has 0 radical (unpaired) electrons. The first-order valence-corrected chi connectivity index (χ1v) is 14.2. The summed E-state index contributed by atoms with van der Waals surface area (Å²) in [7, 11) is -3.75. The van der Waals surface area contributed by atoms with Crippen molar-refractivity contribution in [3.8, 4) is 0 Å². The molecular formula is C24H32N2O6S2. The van der Waals surface area contributed by atoms with Gasteiger partial charge in [-0.3, -0.25) is 14.4 Å². The number of unbranched alkanes of at least 4 members (excludes halogenated alkanes) is 1. The van der Waals surface area contributed by atoms with Gasteiger partial charge in [-0.05, 0) is 56.1 Å². The van der Waals surface area contributed by atoms with Crippen molar-refractivity contribution in [2.45, 2.75) is 53.9 Å². The van der Waals surface area contributed by atoms with Gasteiger partial charge in [-0.25, -0.2) is 8.42 Å². The number of carboxylic acids is 1. The van der Waals surface area contributed by atoms with Crippen LogP contribution in [0.1, 0.15) is 38.5 Å². The molecule has 0 saturated carbocycles. The Morgan fingerprint density at radius 3 is 2.41 bits per heavy atom. The molecule has 0 aliphatic carbocycles. The number of hydrogen-bond acceptors (Lipinski definition) is 6. The Labute approximate surface area is 204 Å². The molecule has 10 heteroatoms. The number of carbonyl (C=O) groups is 3. The molecule has 8 nitrogen and oxygen atoms in total. The number of nitrogens with one attached hydrogen (secondary N) is 2. The van der Waals surface area contributed by atoms with E-state index in [1.807, 2.05) is 17.8 Å². The third-order valence-electron chi connectivity index (χ3n) is 6.33. The van der Waals surface area contributed by atoms with Crippen LogP contribution in [0.4, 0.5) is 0 Å². The number of aliphatic carboxylic acids is 1. The number of amides is 2. The van der Waals surface area contributed by atoms with Crippen molar-refractivity contribution < 1.29 is 27.9 Å². The fourth-order valence-corrected chi connectivity index (χ4v) is 7.82. The Balaban J connectivity index is 1.40. The molecule has 2 bridgehead atoms. The number of hydrogen-bond donors (Lipinski definition) is 3. The Bertz CT molecular complexity index is 996. The van der Waals surface area contributed by atoms with Crippen LogP contribution in [0.3, 0.4) is 0 Å². The molecule has 0 aromatic heterocycles. The van der Waals surface area contributed by atoms with Crippen molar-refractivity contribution in [3.05, 3.63) is 42.5 Å². The van der Waals surface area contributed by atoms with Crippen molar-refractivity contribution in [1.29, 1.82) is 0 Å². The molecule has 2 aliphatic rings. The minimum absolute atomic E-state index is 0.0744. The number of allylic oxidation sites excluding steroid dienone is 2. The molecule has 34 heavy (non-hydrogen) atoms. The Morgan fingerprint density at radius 2 is 1.71 bits per heavy atom. The van der Waals surface area contributed by atoms with Gasteiger partial charge in [0.25, 0.3) is 0 Å². The molecule has 2 heterocycles. The molecule has 2 saturated heterocycles. The zero-order chi connectivity index (χ0) is 24.6. The number of fused-ring (bicyclic) bond motifs is 2. The Kier molecular flexibility index (Phi) is 9.58. The van der Waals surface area contributed by atoms with Crippen molar-refractivity contribution in [2.24, 2.45) is 11.8 Å². The highest BCUT2D eigenvalue weighted by Gasteiger charge is 2.47. The van der Waals surface area contributed by atoms with Crippen LogP contribution < -0.4 is 10.6 Å². The van der Waals surface area contributed by atoms with Crippen LogP contribution in [0.25, 0.3) is 0 Å². The lowest BCUT2D eigenvalue weighted by Crippen LogP contribution is -2.43. The van der Waals surface area contributed by atoms with E-state index in [1.54, 1.807) is 18.2 Å². The van der Waals surface area contributed by atoms with Crippen LogP contribution in [-0.2, 0) is 24.2 Å². The molecule has 2 fully saturated rings. The predicted octanol–water partition coefficient (Wildman–Crippen LogP) is 2.40. The number of thioether (sulfide) groups is 1. The van der Waals surface area contributed by atoms with Gasteiger partial charge < -0.3 is 15.7 Å². The third-order valence-corrected chi connectivity index (χ3v) is 9.83. The van der Waals surface area contributed by atoms with Crippen LogP contribution in [0.15, 0.2) is 47.4 Å². The first-order valence-electron chi connectivity index (χ1n) is 11.6. The first kappa shape index (κ1) is 26.3. The first-order chi connectivity index (χ1) is 16.3. The summed E-state index contributed by atoms with van der Waals surface area (Å²) in [5, 5.41) is 15.1. The van der Waals surface area contributed by atoms with E-state index in [1.165, 1.54) is 18.6 Å². The maximum atomic E-state index is 12.3. The molecular weight excluding hydrogens is 476 g/mol. The SMILES string of the molecule is O=C(O)CCCC=CC[C@H]1[C@@H](CNC(=O)CNC(=O)CS(=O)(=O)c2ccccc2)[C@H]2CC[C@@H]1S2. The van der Waals surface area contributed by atoms with Crippen molar-refractivity contribution in [2.75, 3.05) is 18.8 Å². The summed E-state index contributed by atoms with van der Waals surface area (Å²) in [6, 6.07) is 7.75. The van der Waals surface area contributed by atoms with Crippen LogP contribution in [0.2, 0.25) is 0 Å².